The Morgan fingerprint density at radius 2 is 2.07 bits per heavy atom. The molecule has 30 heavy (non-hydrogen) atoms. The van der Waals surface area contributed by atoms with Crippen LogP contribution in [0, 0.1) is 5.82 Å². The van der Waals surface area contributed by atoms with E-state index in [1.807, 2.05) is 12.1 Å². The number of ether oxygens (including phenoxy) is 2. The third kappa shape index (κ3) is 3.92. The normalized spacial score (nSPS) is 16.8. The van der Waals surface area contributed by atoms with Crippen LogP contribution in [-0.4, -0.2) is 37.5 Å². The molecule has 1 aliphatic rings. The van der Waals surface area contributed by atoms with Gasteiger partial charge in [0.2, 0.25) is 0 Å². The molecule has 4 aromatic rings. The highest BCUT2D eigenvalue weighted by molar-refractivity contribution is 5.66. The molecule has 1 saturated heterocycles. The van der Waals surface area contributed by atoms with Gasteiger partial charge in [-0.05, 0) is 55.7 Å². The second-order valence-electron chi connectivity index (χ2n) is 7.11. The Kier molecular flexibility index (Phi) is 5.17. The molecule has 4 aromatic heterocycles. The van der Waals surface area contributed by atoms with Crippen molar-refractivity contribution in [2.45, 2.75) is 32.2 Å². The van der Waals surface area contributed by atoms with Crippen molar-refractivity contribution in [3.05, 3.63) is 66.5 Å². The van der Waals surface area contributed by atoms with Gasteiger partial charge in [0, 0.05) is 30.8 Å². The van der Waals surface area contributed by atoms with E-state index in [1.54, 1.807) is 35.2 Å². The van der Waals surface area contributed by atoms with Gasteiger partial charge in [-0.15, -0.1) is 0 Å². The minimum atomic E-state index is -0.306. The van der Waals surface area contributed by atoms with Gasteiger partial charge in [-0.25, -0.2) is 18.9 Å². The number of aromatic nitrogens is 5. The summed E-state index contributed by atoms with van der Waals surface area (Å²) in [6.07, 6.45) is 7.87. The predicted octanol–water partition coefficient (Wildman–Crippen LogP) is 4.04. The molecule has 1 fully saturated rings. The van der Waals surface area contributed by atoms with Crippen LogP contribution in [0.4, 0.5) is 4.39 Å². The van der Waals surface area contributed by atoms with Crippen molar-refractivity contribution in [1.29, 1.82) is 0 Å². The monoisotopic (exact) mass is 405 g/mol. The van der Waals surface area contributed by atoms with Gasteiger partial charge in [-0.3, -0.25) is 4.98 Å². The van der Waals surface area contributed by atoms with Crippen molar-refractivity contribution in [2.75, 3.05) is 6.61 Å². The molecule has 0 aliphatic carbocycles. The van der Waals surface area contributed by atoms with Gasteiger partial charge in [0.25, 0.3) is 0 Å². The number of rotatable bonds is 5. The first-order chi connectivity index (χ1) is 14.8. The molecule has 1 aliphatic heterocycles. The SMILES string of the molecule is Fc1ccn2nc(-c3ccnc(-c4cccnc4COC4CCCCO4)n3)cc2c1. The Morgan fingerprint density at radius 1 is 1.10 bits per heavy atom. The van der Waals surface area contributed by atoms with Gasteiger partial charge < -0.3 is 9.47 Å². The van der Waals surface area contributed by atoms with Crippen LogP contribution < -0.4 is 0 Å². The highest BCUT2D eigenvalue weighted by Gasteiger charge is 2.17. The zero-order valence-corrected chi connectivity index (χ0v) is 16.2. The fraction of sp³-hybridized carbons (Fsp3) is 0.273. The Hall–Kier alpha value is -3.23. The summed E-state index contributed by atoms with van der Waals surface area (Å²) in [6.45, 7) is 1.05. The molecule has 0 saturated carbocycles. The molecular formula is C22H20FN5O2. The van der Waals surface area contributed by atoms with E-state index in [2.05, 4.69) is 20.1 Å². The van der Waals surface area contributed by atoms with Crippen molar-refractivity contribution in [3.8, 4) is 22.8 Å². The first-order valence-corrected chi connectivity index (χ1v) is 9.92. The lowest BCUT2D eigenvalue weighted by atomic mass is 10.1. The highest BCUT2D eigenvalue weighted by atomic mass is 19.1. The average Bonchev–Trinajstić information content (AvgIpc) is 3.22. The molecular weight excluding hydrogens is 385 g/mol. The average molecular weight is 405 g/mol. The van der Waals surface area contributed by atoms with Crippen LogP contribution in [0.25, 0.3) is 28.3 Å². The van der Waals surface area contributed by atoms with E-state index in [4.69, 9.17) is 9.47 Å². The summed E-state index contributed by atoms with van der Waals surface area (Å²) < 4.78 is 26.7. The van der Waals surface area contributed by atoms with Crippen molar-refractivity contribution in [2.24, 2.45) is 0 Å². The lowest BCUT2D eigenvalue weighted by Gasteiger charge is -2.22. The number of hydrogen-bond donors (Lipinski definition) is 0. The standard InChI is InChI=1S/C22H20FN5O2/c23-15-7-10-28-16(12-15)13-19(27-28)18-6-9-25-22(26-18)17-4-3-8-24-20(17)14-30-21-5-1-2-11-29-21/h3-4,6-10,12-13,21H,1-2,5,11,14H2. The molecule has 0 radical (unpaired) electrons. The van der Waals surface area contributed by atoms with Crippen LogP contribution in [0.3, 0.4) is 0 Å². The number of halogens is 1. The Bertz CT molecular complexity index is 1170. The Morgan fingerprint density at radius 3 is 2.97 bits per heavy atom. The van der Waals surface area contributed by atoms with Gasteiger partial charge in [0.15, 0.2) is 12.1 Å². The molecule has 0 N–H and O–H groups in total. The number of fused-ring (bicyclic) bond motifs is 1. The summed E-state index contributed by atoms with van der Waals surface area (Å²) in [5, 5.41) is 4.48. The molecule has 0 amide bonds. The highest BCUT2D eigenvalue weighted by Crippen LogP contribution is 2.24. The van der Waals surface area contributed by atoms with Gasteiger partial charge in [-0.1, -0.05) is 0 Å². The molecule has 1 unspecified atom stereocenters. The third-order valence-electron chi connectivity index (χ3n) is 5.02. The van der Waals surface area contributed by atoms with E-state index < -0.39 is 0 Å². The van der Waals surface area contributed by atoms with Crippen LogP contribution in [-0.2, 0) is 16.1 Å². The molecule has 0 aromatic carbocycles. The minimum absolute atomic E-state index is 0.195. The molecule has 152 valence electrons. The van der Waals surface area contributed by atoms with Gasteiger partial charge in [0.05, 0.1) is 23.5 Å². The molecule has 5 rings (SSSR count). The van der Waals surface area contributed by atoms with Gasteiger partial charge in [0.1, 0.15) is 11.5 Å². The molecule has 5 heterocycles. The summed E-state index contributed by atoms with van der Waals surface area (Å²) >= 11 is 0. The quantitative estimate of drug-likeness (QED) is 0.499. The summed E-state index contributed by atoms with van der Waals surface area (Å²) in [6, 6.07) is 10.1. The molecule has 8 heteroatoms. The third-order valence-corrected chi connectivity index (χ3v) is 5.02. The zero-order valence-electron chi connectivity index (χ0n) is 16.2. The predicted molar refractivity (Wildman–Crippen MR) is 108 cm³/mol. The van der Waals surface area contributed by atoms with Gasteiger partial charge in [-0.2, -0.15) is 5.10 Å². The second-order valence-corrected chi connectivity index (χ2v) is 7.11. The van der Waals surface area contributed by atoms with Crippen LogP contribution in [0.5, 0.6) is 0 Å². The van der Waals surface area contributed by atoms with E-state index in [1.165, 1.54) is 12.1 Å². The van der Waals surface area contributed by atoms with E-state index in [0.717, 1.165) is 37.1 Å². The number of hydrogen-bond acceptors (Lipinski definition) is 6. The largest absolute Gasteiger partial charge is 0.353 e. The van der Waals surface area contributed by atoms with Gasteiger partial charge >= 0.3 is 0 Å². The second kappa shape index (κ2) is 8.25. The van der Waals surface area contributed by atoms with E-state index in [9.17, 15) is 4.39 Å². The van der Waals surface area contributed by atoms with Crippen LogP contribution >= 0.6 is 0 Å². The Labute approximate surface area is 172 Å². The molecule has 0 spiro atoms. The maximum Gasteiger partial charge on any atom is 0.161 e. The summed E-state index contributed by atoms with van der Waals surface area (Å²) in [7, 11) is 0. The van der Waals surface area contributed by atoms with Crippen LogP contribution in [0.1, 0.15) is 25.0 Å². The summed E-state index contributed by atoms with van der Waals surface area (Å²) in [5.74, 6) is 0.228. The van der Waals surface area contributed by atoms with E-state index >= 15 is 0 Å². The van der Waals surface area contributed by atoms with Crippen LogP contribution in [0.15, 0.2) is 55.0 Å². The maximum absolute atomic E-state index is 13.5. The number of nitrogens with zero attached hydrogens (tertiary/aromatic N) is 5. The lowest BCUT2D eigenvalue weighted by molar-refractivity contribution is -0.169. The molecule has 1 atom stereocenters. The fourth-order valence-corrected chi connectivity index (χ4v) is 3.49. The first kappa shape index (κ1) is 18.8. The van der Waals surface area contributed by atoms with Crippen molar-refractivity contribution in [3.63, 3.8) is 0 Å². The van der Waals surface area contributed by atoms with Crippen molar-refractivity contribution in [1.82, 2.24) is 24.6 Å². The van der Waals surface area contributed by atoms with E-state index in [0.29, 0.717) is 29.3 Å². The van der Waals surface area contributed by atoms with Crippen molar-refractivity contribution >= 4 is 5.52 Å². The lowest BCUT2D eigenvalue weighted by Crippen LogP contribution is -2.22. The summed E-state index contributed by atoms with van der Waals surface area (Å²) in [4.78, 5) is 13.6. The fourth-order valence-electron chi connectivity index (χ4n) is 3.49. The number of pyridine rings is 2. The van der Waals surface area contributed by atoms with Crippen LogP contribution in [0.2, 0.25) is 0 Å². The first-order valence-electron chi connectivity index (χ1n) is 9.92. The Balaban J connectivity index is 1.43. The topological polar surface area (TPSA) is 74.4 Å². The van der Waals surface area contributed by atoms with Crippen molar-refractivity contribution < 1.29 is 13.9 Å². The molecule has 0 bridgehead atoms. The van der Waals surface area contributed by atoms with E-state index in [-0.39, 0.29) is 12.1 Å². The maximum atomic E-state index is 13.5. The smallest absolute Gasteiger partial charge is 0.161 e. The minimum Gasteiger partial charge on any atom is -0.353 e. The molecule has 7 nitrogen and oxygen atoms in total. The zero-order chi connectivity index (χ0) is 20.3. The summed E-state index contributed by atoms with van der Waals surface area (Å²) in [5.41, 5.74) is 3.50.